The molecular formula is C15H15NO4. The van der Waals surface area contributed by atoms with E-state index in [0.717, 1.165) is 5.56 Å². The van der Waals surface area contributed by atoms with Gasteiger partial charge in [-0.3, -0.25) is 10.1 Å². The Labute approximate surface area is 116 Å². The van der Waals surface area contributed by atoms with Gasteiger partial charge >= 0.3 is 5.69 Å². The Hall–Kier alpha value is -2.40. The SMILES string of the molecule is Cc1ccccc1Oc1ccc([C@H](C)O)cc1[N+](=O)[O-]. The van der Waals surface area contributed by atoms with Gasteiger partial charge in [-0.15, -0.1) is 0 Å². The Morgan fingerprint density at radius 3 is 2.50 bits per heavy atom. The van der Waals surface area contributed by atoms with Crippen LogP contribution in [0.5, 0.6) is 11.5 Å². The molecule has 0 aliphatic carbocycles. The second-order valence-electron chi connectivity index (χ2n) is 4.53. The fraction of sp³-hybridized carbons (Fsp3) is 0.200. The molecule has 0 saturated carbocycles. The van der Waals surface area contributed by atoms with Gasteiger partial charge < -0.3 is 9.84 Å². The average molecular weight is 273 g/mol. The van der Waals surface area contributed by atoms with Crippen LogP contribution >= 0.6 is 0 Å². The van der Waals surface area contributed by atoms with Crippen LogP contribution in [0.4, 0.5) is 5.69 Å². The van der Waals surface area contributed by atoms with Crippen molar-refractivity contribution in [3.63, 3.8) is 0 Å². The summed E-state index contributed by atoms with van der Waals surface area (Å²) in [6, 6.07) is 11.7. The molecule has 0 amide bonds. The van der Waals surface area contributed by atoms with Gasteiger partial charge in [-0.05, 0) is 37.1 Å². The van der Waals surface area contributed by atoms with Crippen LogP contribution in [0, 0.1) is 17.0 Å². The molecule has 2 rings (SSSR count). The van der Waals surface area contributed by atoms with E-state index in [1.54, 1.807) is 25.1 Å². The van der Waals surface area contributed by atoms with Gasteiger partial charge in [0.1, 0.15) is 5.75 Å². The highest BCUT2D eigenvalue weighted by Crippen LogP contribution is 2.34. The van der Waals surface area contributed by atoms with Gasteiger partial charge in [-0.1, -0.05) is 24.3 Å². The maximum Gasteiger partial charge on any atom is 0.311 e. The molecule has 0 bridgehead atoms. The van der Waals surface area contributed by atoms with Gasteiger partial charge in [0.15, 0.2) is 0 Å². The molecule has 0 aliphatic heterocycles. The number of nitro benzene ring substituents is 1. The third-order valence-electron chi connectivity index (χ3n) is 2.98. The molecule has 0 heterocycles. The Kier molecular flexibility index (Phi) is 4.00. The summed E-state index contributed by atoms with van der Waals surface area (Å²) in [6.07, 6.45) is -0.763. The lowest BCUT2D eigenvalue weighted by Gasteiger charge is -2.10. The number of para-hydroxylation sites is 1. The average Bonchev–Trinajstić information content (AvgIpc) is 2.41. The zero-order valence-corrected chi connectivity index (χ0v) is 11.2. The number of nitrogens with zero attached hydrogens (tertiary/aromatic N) is 1. The molecule has 0 fully saturated rings. The standard InChI is InChI=1S/C15H15NO4/c1-10-5-3-4-6-14(10)20-15-8-7-12(11(2)17)9-13(15)16(18)19/h3-9,11,17H,1-2H3/t11-/m0/s1. The molecule has 2 aromatic carbocycles. The number of hydrogen-bond acceptors (Lipinski definition) is 4. The topological polar surface area (TPSA) is 72.6 Å². The smallest absolute Gasteiger partial charge is 0.311 e. The van der Waals surface area contributed by atoms with Gasteiger partial charge in [0.05, 0.1) is 11.0 Å². The number of benzene rings is 2. The molecule has 0 aromatic heterocycles. The fourth-order valence-corrected chi connectivity index (χ4v) is 1.81. The highest BCUT2D eigenvalue weighted by Gasteiger charge is 2.18. The molecule has 5 nitrogen and oxygen atoms in total. The van der Waals surface area contributed by atoms with Crippen LogP contribution in [0.15, 0.2) is 42.5 Å². The molecule has 104 valence electrons. The Bertz CT molecular complexity index is 638. The minimum atomic E-state index is -0.763. The van der Waals surface area contributed by atoms with Crippen molar-refractivity contribution in [2.75, 3.05) is 0 Å². The summed E-state index contributed by atoms with van der Waals surface area (Å²) >= 11 is 0. The predicted octanol–water partition coefficient (Wildman–Crippen LogP) is 3.75. The van der Waals surface area contributed by atoms with Crippen LogP contribution in [0.2, 0.25) is 0 Å². The van der Waals surface area contributed by atoms with Crippen molar-refractivity contribution in [1.29, 1.82) is 0 Å². The summed E-state index contributed by atoms with van der Waals surface area (Å²) in [6.45, 7) is 3.42. The second kappa shape index (κ2) is 5.71. The van der Waals surface area contributed by atoms with Crippen molar-refractivity contribution in [1.82, 2.24) is 0 Å². The van der Waals surface area contributed by atoms with Crippen molar-refractivity contribution in [2.24, 2.45) is 0 Å². The van der Waals surface area contributed by atoms with Gasteiger partial charge in [0, 0.05) is 6.07 Å². The third-order valence-corrected chi connectivity index (χ3v) is 2.98. The highest BCUT2D eigenvalue weighted by molar-refractivity contribution is 5.51. The number of nitro groups is 1. The maximum absolute atomic E-state index is 11.1. The van der Waals surface area contributed by atoms with Crippen LogP contribution < -0.4 is 4.74 Å². The summed E-state index contributed by atoms with van der Waals surface area (Å²) < 4.78 is 5.61. The van der Waals surface area contributed by atoms with Crippen molar-refractivity contribution in [2.45, 2.75) is 20.0 Å². The van der Waals surface area contributed by atoms with Crippen molar-refractivity contribution < 1.29 is 14.8 Å². The Morgan fingerprint density at radius 1 is 1.20 bits per heavy atom. The summed E-state index contributed by atoms with van der Waals surface area (Å²) in [4.78, 5) is 10.6. The van der Waals surface area contributed by atoms with E-state index in [4.69, 9.17) is 4.74 Å². The molecule has 1 atom stereocenters. The molecular weight excluding hydrogens is 258 g/mol. The monoisotopic (exact) mass is 273 g/mol. The lowest BCUT2D eigenvalue weighted by atomic mass is 10.1. The zero-order chi connectivity index (χ0) is 14.7. The first-order valence-electron chi connectivity index (χ1n) is 6.19. The molecule has 0 saturated heterocycles. The van der Waals surface area contributed by atoms with E-state index in [1.165, 1.54) is 12.1 Å². The Morgan fingerprint density at radius 2 is 1.90 bits per heavy atom. The van der Waals surface area contributed by atoms with E-state index in [9.17, 15) is 15.2 Å². The lowest BCUT2D eigenvalue weighted by Crippen LogP contribution is -1.98. The van der Waals surface area contributed by atoms with E-state index in [0.29, 0.717) is 11.3 Å². The number of hydrogen-bond donors (Lipinski definition) is 1. The quantitative estimate of drug-likeness (QED) is 0.680. The molecule has 0 spiro atoms. The van der Waals surface area contributed by atoms with Gasteiger partial charge in [-0.2, -0.15) is 0 Å². The number of aryl methyl sites for hydroxylation is 1. The number of aliphatic hydroxyl groups excluding tert-OH is 1. The van der Waals surface area contributed by atoms with E-state index in [-0.39, 0.29) is 11.4 Å². The lowest BCUT2D eigenvalue weighted by molar-refractivity contribution is -0.385. The van der Waals surface area contributed by atoms with Gasteiger partial charge in [0.25, 0.3) is 0 Å². The minimum Gasteiger partial charge on any atom is -0.450 e. The molecule has 20 heavy (non-hydrogen) atoms. The predicted molar refractivity (Wildman–Crippen MR) is 75.0 cm³/mol. The molecule has 0 unspecified atom stereocenters. The first-order valence-corrected chi connectivity index (χ1v) is 6.19. The van der Waals surface area contributed by atoms with Crippen LogP contribution in [-0.4, -0.2) is 10.0 Å². The van der Waals surface area contributed by atoms with Crippen LogP contribution in [0.1, 0.15) is 24.2 Å². The van der Waals surface area contributed by atoms with E-state index < -0.39 is 11.0 Å². The first kappa shape index (κ1) is 14.0. The third kappa shape index (κ3) is 2.95. The normalized spacial score (nSPS) is 11.9. The number of rotatable bonds is 4. The minimum absolute atomic E-state index is 0.161. The summed E-state index contributed by atoms with van der Waals surface area (Å²) in [5.41, 5.74) is 1.21. The van der Waals surface area contributed by atoms with E-state index in [1.807, 2.05) is 19.1 Å². The fourth-order valence-electron chi connectivity index (χ4n) is 1.81. The van der Waals surface area contributed by atoms with Gasteiger partial charge in [-0.25, -0.2) is 0 Å². The number of ether oxygens (including phenoxy) is 1. The highest BCUT2D eigenvalue weighted by atomic mass is 16.6. The van der Waals surface area contributed by atoms with E-state index >= 15 is 0 Å². The Balaban J connectivity index is 2.41. The van der Waals surface area contributed by atoms with Crippen LogP contribution in [0.25, 0.3) is 0 Å². The second-order valence-corrected chi connectivity index (χ2v) is 4.53. The van der Waals surface area contributed by atoms with Gasteiger partial charge in [0.2, 0.25) is 5.75 Å². The molecule has 1 N–H and O–H groups in total. The van der Waals surface area contributed by atoms with E-state index in [2.05, 4.69) is 0 Å². The summed E-state index contributed by atoms with van der Waals surface area (Å²) in [5.74, 6) is 0.731. The molecule has 0 aliphatic rings. The zero-order valence-electron chi connectivity index (χ0n) is 11.2. The van der Waals surface area contributed by atoms with Crippen molar-refractivity contribution in [3.8, 4) is 11.5 Å². The first-order chi connectivity index (χ1) is 9.49. The number of aliphatic hydroxyl groups is 1. The molecule has 0 radical (unpaired) electrons. The molecule has 2 aromatic rings. The summed E-state index contributed by atoms with van der Waals surface area (Å²) in [5, 5.41) is 20.6. The largest absolute Gasteiger partial charge is 0.450 e. The maximum atomic E-state index is 11.1. The summed E-state index contributed by atoms with van der Waals surface area (Å²) in [7, 11) is 0. The van der Waals surface area contributed by atoms with Crippen LogP contribution in [0.3, 0.4) is 0 Å². The van der Waals surface area contributed by atoms with Crippen LogP contribution in [-0.2, 0) is 0 Å². The van der Waals surface area contributed by atoms with Crippen molar-refractivity contribution >= 4 is 5.69 Å². The molecule has 5 heteroatoms. The van der Waals surface area contributed by atoms with Crippen molar-refractivity contribution in [3.05, 3.63) is 63.7 Å².